The van der Waals surface area contributed by atoms with Crippen molar-refractivity contribution in [3.8, 4) is 0 Å². The lowest BCUT2D eigenvalue weighted by Crippen LogP contribution is -2.45. The van der Waals surface area contributed by atoms with Crippen molar-refractivity contribution in [2.75, 3.05) is 39.3 Å². The van der Waals surface area contributed by atoms with Gasteiger partial charge in [0.1, 0.15) is 0 Å². The molecule has 1 aliphatic carbocycles. The summed E-state index contributed by atoms with van der Waals surface area (Å²) in [4.78, 5) is 2.52. The first-order valence-electron chi connectivity index (χ1n) is 9.30. The monoisotopic (exact) mass is 298 g/mol. The third kappa shape index (κ3) is 7.62. The Morgan fingerprint density at radius 3 is 2.29 bits per heavy atom. The van der Waals surface area contributed by atoms with Gasteiger partial charge in [-0.1, -0.05) is 46.0 Å². The van der Waals surface area contributed by atoms with Gasteiger partial charge in [0, 0.05) is 19.6 Å². The number of hydrogen-bond acceptors (Lipinski definition) is 3. The molecular weight excluding hydrogens is 260 g/mol. The van der Waals surface area contributed by atoms with E-state index >= 15 is 0 Å². The minimum absolute atomic E-state index is 0.294. The summed E-state index contributed by atoms with van der Waals surface area (Å²) in [6.45, 7) is 10.2. The van der Waals surface area contributed by atoms with Crippen molar-refractivity contribution in [1.82, 2.24) is 10.2 Å². The number of hydrogen-bond donors (Lipinski definition) is 2. The number of unbranched alkanes of at least 4 members (excludes halogenated alkanes) is 1. The topological polar surface area (TPSA) is 35.5 Å². The Morgan fingerprint density at radius 1 is 1.00 bits per heavy atom. The Kier molecular flexibility index (Phi) is 10.3. The van der Waals surface area contributed by atoms with E-state index in [1.54, 1.807) is 0 Å². The van der Waals surface area contributed by atoms with E-state index < -0.39 is 0 Å². The smallest absolute Gasteiger partial charge is 0.0558 e. The van der Waals surface area contributed by atoms with Gasteiger partial charge in [0.2, 0.25) is 0 Å². The minimum atomic E-state index is 0.294. The minimum Gasteiger partial charge on any atom is -0.395 e. The number of nitrogens with zero attached hydrogens (tertiary/aromatic N) is 1. The zero-order chi connectivity index (χ0) is 15.4. The average molecular weight is 299 g/mol. The van der Waals surface area contributed by atoms with Crippen LogP contribution in [0.15, 0.2) is 0 Å². The highest BCUT2D eigenvalue weighted by Crippen LogP contribution is 2.35. The third-order valence-electron chi connectivity index (χ3n) is 4.89. The maximum Gasteiger partial charge on any atom is 0.0558 e. The Bertz CT molecular complexity index is 237. The second kappa shape index (κ2) is 11.4. The molecule has 1 fully saturated rings. The summed E-state index contributed by atoms with van der Waals surface area (Å²) in [5.74, 6) is 0. The molecule has 0 heterocycles. The highest BCUT2D eigenvalue weighted by atomic mass is 16.3. The van der Waals surface area contributed by atoms with E-state index in [4.69, 9.17) is 0 Å². The molecule has 0 radical (unpaired) electrons. The van der Waals surface area contributed by atoms with E-state index in [0.717, 1.165) is 26.2 Å². The quantitative estimate of drug-likeness (QED) is 0.453. The van der Waals surface area contributed by atoms with E-state index in [1.807, 2.05) is 0 Å². The molecule has 0 spiro atoms. The van der Waals surface area contributed by atoms with E-state index in [0.29, 0.717) is 12.0 Å². The predicted octanol–water partition coefficient (Wildman–Crippen LogP) is 3.42. The van der Waals surface area contributed by atoms with Crippen molar-refractivity contribution >= 4 is 0 Å². The first kappa shape index (κ1) is 18.9. The van der Waals surface area contributed by atoms with Crippen LogP contribution in [-0.2, 0) is 0 Å². The first-order chi connectivity index (χ1) is 10.3. The predicted molar refractivity (Wildman–Crippen MR) is 91.7 cm³/mol. The molecule has 3 heteroatoms. The molecule has 0 atom stereocenters. The van der Waals surface area contributed by atoms with Crippen molar-refractivity contribution in [3.63, 3.8) is 0 Å². The SMILES string of the molecule is CCCCN(CCO)CC1(CNCCC)CCCCCC1. The van der Waals surface area contributed by atoms with Crippen LogP contribution >= 0.6 is 0 Å². The van der Waals surface area contributed by atoms with Gasteiger partial charge in [-0.3, -0.25) is 0 Å². The lowest BCUT2D eigenvalue weighted by Gasteiger charge is -2.38. The van der Waals surface area contributed by atoms with Crippen LogP contribution in [0.4, 0.5) is 0 Å². The zero-order valence-electron chi connectivity index (χ0n) is 14.5. The van der Waals surface area contributed by atoms with Gasteiger partial charge in [0.05, 0.1) is 6.61 Å². The van der Waals surface area contributed by atoms with Crippen LogP contribution in [0.2, 0.25) is 0 Å². The van der Waals surface area contributed by atoms with Gasteiger partial charge in [-0.15, -0.1) is 0 Å². The third-order valence-corrected chi connectivity index (χ3v) is 4.89. The summed E-state index contributed by atoms with van der Waals surface area (Å²) in [5, 5.41) is 13.0. The van der Waals surface area contributed by atoms with Crippen LogP contribution in [0.5, 0.6) is 0 Å². The van der Waals surface area contributed by atoms with Crippen LogP contribution in [-0.4, -0.2) is 49.3 Å². The fourth-order valence-electron chi connectivity index (χ4n) is 3.67. The molecule has 0 aliphatic heterocycles. The van der Waals surface area contributed by atoms with Crippen LogP contribution in [0.25, 0.3) is 0 Å². The molecule has 3 nitrogen and oxygen atoms in total. The van der Waals surface area contributed by atoms with Crippen molar-refractivity contribution < 1.29 is 5.11 Å². The van der Waals surface area contributed by atoms with E-state index in [1.165, 1.54) is 64.3 Å². The molecule has 0 aromatic rings. The van der Waals surface area contributed by atoms with Crippen molar-refractivity contribution in [2.45, 2.75) is 71.6 Å². The van der Waals surface area contributed by atoms with Crippen molar-refractivity contribution in [2.24, 2.45) is 5.41 Å². The van der Waals surface area contributed by atoms with Crippen LogP contribution < -0.4 is 5.32 Å². The second-order valence-electron chi connectivity index (χ2n) is 6.94. The molecule has 2 N–H and O–H groups in total. The molecule has 126 valence electrons. The molecule has 1 rings (SSSR count). The largest absolute Gasteiger partial charge is 0.395 e. The molecular formula is C18H38N2O. The van der Waals surface area contributed by atoms with Crippen LogP contribution in [0, 0.1) is 5.41 Å². The highest BCUT2D eigenvalue weighted by molar-refractivity contribution is 4.87. The second-order valence-corrected chi connectivity index (χ2v) is 6.94. The maximum atomic E-state index is 9.36. The average Bonchev–Trinajstić information content (AvgIpc) is 2.71. The summed E-state index contributed by atoms with van der Waals surface area (Å²) < 4.78 is 0. The van der Waals surface area contributed by atoms with Gasteiger partial charge in [0.15, 0.2) is 0 Å². The number of aliphatic hydroxyl groups excluding tert-OH is 1. The summed E-state index contributed by atoms with van der Waals surface area (Å²) in [5.41, 5.74) is 0.439. The summed E-state index contributed by atoms with van der Waals surface area (Å²) in [7, 11) is 0. The molecule has 0 unspecified atom stereocenters. The van der Waals surface area contributed by atoms with E-state index in [9.17, 15) is 5.11 Å². The Labute approximate surface area is 132 Å². The lowest BCUT2D eigenvalue weighted by molar-refractivity contribution is 0.107. The maximum absolute atomic E-state index is 9.36. The van der Waals surface area contributed by atoms with Gasteiger partial charge in [-0.05, 0) is 44.2 Å². The fourth-order valence-corrected chi connectivity index (χ4v) is 3.67. The van der Waals surface area contributed by atoms with Gasteiger partial charge >= 0.3 is 0 Å². The van der Waals surface area contributed by atoms with Gasteiger partial charge in [-0.2, -0.15) is 0 Å². The molecule has 0 aromatic heterocycles. The number of nitrogens with one attached hydrogen (secondary N) is 1. The summed E-state index contributed by atoms with van der Waals surface area (Å²) in [6, 6.07) is 0. The van der Waals surface area contributed by atoms with Gasteiger partial charge in [-0.25, -0.2) is 0 Å². The Hall–Kier alpha value is -0.120. The van der Waals surface area contributed by atoms with E-state index in [-0.39, 0.29) is 0 Å². The molecule has 0 saturated heterocycles. The summed E-state index contributed by atoms with van der Waals surface area (Å²) >= 11 is 0. The van der Waals surface area contributed by atoms with Crippen LogP contribution in [0.3, 0.4) is 0 Å². The van der Waals surface area contributed by atoms with Crippen molar-refractivity contribution in [1.29, 1.82) is 0 Å². The number of rotatable bonds is 11. The molecule has 1 saturated carbocycles. The molecule has 0 amide bonds. The lowest BCUT2D eigenvalue weighted by atomic mass is 9.79. The van der Waals surface area contributed by atoms with E-state index in [2.05, 4.69) is 24.1 Å². The molecule has 0 bridgehead atoms. The molecule has 0 aromatic carbocycles. The summed E-state index contributed by atoms with van der Waals surface area (Å²) in [6.07, 6.45) is 12.0. The first-order valence-corrected chi connectivity index (χ1v) is 9.30. The molecule has 1 aliphatic rings. The highest BCUT2D eigenvalue weighted by Gasteiger charge is 2.32. The number of aliphatic hydroxyl groups is 1. The van der Waals surface area contributed by atoms with Crippen LogP contribution in [0.1, 0.15) is 71.6 Å². The fraction of sp³-hybridized carbons (Fsp3) is 1.00. The molecule has 21 heavy (non-hydrogen) atoms. The van der Waals surface area contributed by atoms with Crippen molar-refractivity contribution in [3.05, 3.63) is 0 Å². The van der Waals surface area contributed by atoms with Gasteiger partial charge in [0.25, 0.3) is 0 Å². The Balaban J connectivity index is 2.62. The zero-order valence-corrected chi connectivity index (χ0v) is 14.5. The Morgan fingerprint density at radius 2 is 1.71 bits per heavy atom. The normalized spacial score (nSPS) is 18.9. The van der Waals surface area contributed by atoms with Gasteiger partial charge < -0.3 is 15.3 Å². The standard InChI is InChI=1S/C18H38N2O/c1-3-5-13-20(14-15-21)17-18(16-19-12-4-2)10-8-6-7-9-11-18/h19,21H,3-17H2,1-2H3.